The average Bonchev–Trinajstić information content (AvgIpc) is 3.36. The van der Waals surface area contributed by atoms with Gasteiger partial charge in [0.05, 0.1) is 20.8 Å². The molecule has 0 spiro atoms. The van der Waals surface area contributed by atoms with E-state index in [2.05, 4.69) is 0 Å². The van der Waals surface area contributed by atoms with Crippen molar-refractivity contribution in [3.63, 3.8) is 0 Å². The van der Waals surface area contributed by atoms with Crippen LogP contribution in [-0.4, -0.2) is 0 Å². The van der Waals surface area contributed by atoms with Gasteiger partial charge in [0, 0.05) is 16.9 Å². The molecule has 0 bridgehead atoms. The maximum absolute atomic E-state index is 10.0. The van der Waals surface area contributed by atoms with Gasteiger partial charge in [-0.05, 0) is 114 Å². The zero-order valence-electron chi connectivity index (χ0n) is 41.6. The van der Waals surface area contributed by atoms with Crippen molar-refractivity contribution in [2.45, 2.75) is 0 Å². The number of anilines is 3. The summed E-state index contributed by atoms with van der Waals surface area (Å²) in [4.78, 5) is 1.11. The molecule has 0 aliphatic carbocycles. The summed E-state index contributed by atoms with van der Waals surface area (Å²) < 4.78 is 107. The largest absolute Gasteiger partial charge is 0.310 e. The third-order valence-electron chi connectivity index (χ3n) is 10.1. The molecule has 0 amide bonds. The molecular weight excluding hydrogens is 687 g/mol. The van der Waals surface area contributed by atoms with Crippen LogP contribution in [0.15, 0.2) is 236 Å². The molecule has 0 heterocycles. The molecule has 0 aliphatic rings. The topological polar surface area (TPSA) is 3.24 Å². The van der Waals surface area contributed by atoms with E-state index >= 15 is 0 Å². The highest BCUT2D eigenvalue weighted by Gasteiger charge is 2.20. The first-order valence-electron chi connectivity index (χ1n) is 24.2. The first-order valence-corrected chi connectivity index (χ1v) is 18.7. The summed E-state index contributed by atoms with van der Waals surface area (Å²) in [6.07, 6.45) is 0. The molecule has 10 aromatic rings. The van der Waals surface area contributed by atoms with Crippen LogP contribution in [-0.2, 0) is 0 Å². The van der Waals surface area contributed by atoms with E-state index in [9.17, 15) is 15.1 Å². The van der Waals surface area contributed by atoms with Crippen LogP contribution >= 0.6 is 0 Å². The van der Waals surface area contributed by atoms with Crippen LogP contribution in [0.5, 0.6) is 0 Å². The summed E-state index contributed by atoms with van der Waals surface area (Å²) in [5.74, 6) is 0. The Labute approximate surface area is 349 Å². The van der Waals surface area contributed by atoms with Crippen LogP contribution in [0.25, 0.3) is 77.2 Å². The Kier molecular flexibility index (Phi) is 6.34. The molecule has 0 atom stereocenters. The first kappa shape index (κ1) is 24.1. The van der Waals surface area contributed by atoms with Crippen LogP contribution in [0, 0.1) is 0 Å². The fraction of sp³-hybridized carbons (Fsp3) is 0. The molecule has 0 fully saturated rings. The number of rotatable bonds is 8. The molecule has 0 saturated heterocycles. The third-order valence-corrected chi connectivity index (χ3v) is 10.1. The Hall–Kier alpha value is -7.48. The molecule has 0 radical (unpaired) electrons. The van der Waals surface area contributed by atoms with E-state index < -0.39 is 71.8 Å². The van der Waals surface area contributed by atoms with Crippen molar-refractivity contribution in [2.75, 3.05) is 4.90 Å². The van der Waals surface area contributed by atoms with E-state index in [1.807, 2.05) is 97.1 Å². The van der Waals surface area contributed by atoms with Crippen LogP contribution in [0.3, 0.4) is 0 Å². The van der Waals surface area contributed by atoms with Crippen molar-refractivity contribution in [1.82, 2.24) is 0 Å². The second-order valence-electron chi connectivity index (χ2n) is 13.6. The van der Waals surface area contributed by atoms with Crippen LogP contribution in [0.2, 0.25) is 0 Å². The summed E-state index contributed by atoms with van der Waals surface area (Å²) in [5, 5.41) is 3.16. The van der Waals surface area contributed by atoms with Gasteiger partial charge in [-0.15, -0.1) is 0 Å². The standard InChI is InChI=1S/C56H39N/c1-4-15-40(16-5-1)49-32-36-55(54(39-49)43-20-8-3-9-21-43)57(51-25-14-24-47(38-51)48-28-27-41-17-10-11-23-46(41)37-48)50-33-29-45(30-34-50)56-52-26-13-12-22-44(52)31-35-53(56)42-18-6-2-7-19-42/h1-39H/i14D,24D,25D,29D,30D,32D,33D,34D,36D,38D,39D. The van der Waals surface area contributed by atoms with Crippen LogP contribution < -0.4 is 4.90 Å². The molecule has 0 saturated carbocycles. The van der Waals surface area contributed by atoms with Gasteiger partial charge in [-0.2, -0.15) is 0 Å². The quantitative estimate of drug-likeness (QED) is 0.150. The van der Waals surface area contributed by atoms with Gasteiger partial charge in [-0.1, -0.05) is 194 Å². The summed E-state index contributed by atoms with van der Waals surface area (Å²) >= 11 is 0. The highest BCUT2D eigenvalue weighted by atomic mass is 15.1. The van der Waals surface area contributed by atoms with Gasteiger partial charge in [0.2, 0.25) is 0 Å². The molecule has 0 N–H and O–H groups in total. The molecule has 268 valence electrons. The molecule has 57 heavy (non-hydrogen) atoms. The summed E-state index contributed by atoms with van der Waals surface area (Å²) in [5.41, 5.74) is 2.13. The van der Waals surface area contributed by atoms with Crippen LogP contribution in [0.4, 0.5) is 17.1 Å². The van der Waals surface area contributed by atoms with Crippen molar-refractivity contribution < 1.29 is 15.1 Å². The fourth-order valence-electron chi connectivity index (χ4n) is 7.34. The van der Waals surface area contributed by atoms with Gasteiger partial charge in [0.15, 0.2) is 0 Å². The van der Waals surface area contributed by atoms with Crippen molar-refractivity contribution in [3.05, 3.63) is 236 Å². The lowest BCUT2D eigenvalue weighted by Crippen LogP contribution is -2.11. The minimum atomic E-state index is -0.658. The molecule has 10 rings (SSSR count). The monoisotopic (exact) mass is 736 g/mol. The predicted octanol–water partition coefficient (Wildman–Crippen LogP) is 15.8. The lowest BCUT2D eigenvalue weighted by atomic mass is 9.89. The molecular formula is C56H39N. The van der Waals surface area contributed by atoms with Gasteiger partial charge in [-0.3, -0.25) is 0 Å². The van der Waals surface area contributed by atoms with Crippen molar-refractivity contribution >= 4 is 38.6 Å². The molecule has 0 aromatic heterocycles. The second kappa shape index (κ2) is 15.0. The number of fused-ring (bicyclic) bond motifs is 2. The van der Waals surface area contributed by atoms with E-state index in [4.69, 9.17) is 0 Å². The van der Waals surface area contributed by atoms with Gasteiger partial charge in [0.25, 0.3) is 0 Å². The molecule has 0 unspecified atom stereocenters. The SMILES string of the molecule is [2H]c1c([2H])c(-c2ccc3ccccc3c2)c([2H])c(N(c2c([2H])c([2H])c(-c3c(-c4ccccc4)ccc4ccccc34)c([2H])c2[2H])c2c([2H])c([2H])c(-c3ccccc3)c([2H])c2-c2ccccc2)c1[2H]. The summed E-state index contributed by atoms with van der Waals surface area (Å²) in [6, 6.07) is 45.8. The predicted molar refractivity (Wildman–Crippen MR) is 243 cm³/mol. The fourth-order valence-corrected chi connectivity index (χ4v) is 7.34. The summed E-state index contributed by atoms with van der Waals surface area (Å²) in [7, 11) is 0. The average molecular weight is 737 g/mol. The maximum Gasteiger partial charge on any atom is 0.0651 e. The van der Waals surface area contributed by atoms with E-state index in [-0.39, 0.29) is 34.0 Å². The van der Waals surface area contributed by atoms with E-state index in [0.717, 1.165) is 26.6 Å². The molecule has 0 aliphatic heterocycles. The number of nitrogens with zero attached hydrogens (tertiary/aromatic N) is 1. The highest BCUT2D eigenvalue weighted by molar-refractivity contribution is 6.04. The van der Waals surface area contributed by atoms with Crippen LogP contribution in [0.1, 0.15) is 15.1 Å². The number of benzene rings is 10. The Bertz CT molecular complexity index is 3610. The van der Waals surface area contributed by atoms with Gasteiger partial charge in [0.1, 0.15) is 0 Å². The molecule has 10 aromatic carbocycles. The Balaban J connectivity index is 1.37. The van der Waals surface area contributed by atoms with Gasteiger partial charge < -0.3 is 4.90 Å². The minimum absolute atomic E-state index is 0.00717. The Morgan fingerprint density at radius 3 is 1.65 bits per heavy atom. The van der Waals surface area contributed by atoms with Crippen molar-refractivity contribution in [2.24, 2.45) is 0 Å². The maximum atomic E-state index is 10.0. The van der Waals surface area contributed by atoms with E-state index in [1.165, 1.54) is 0 Å². The van der Waals surface area contributed by atoms with Crippen molar-refractivity contribution in [1.29, 1.82) is 0 Å². The smallest absolute Gasteiger partial charge is 0.0651 e. The molecule has 1 nitrogen and oxygen atoms in total. The zero-order chi connectivity index (χ0) is 47.5. The zero-order valence-corrected chi connectivity index (χ0v) is 30.6. The minimum Gasteiger partial charge on any atom is -0.310 e. The summed E-state index contributed by atoms with van der Waals surface area (Å²) in [6.45, 7) is 0. The first-order chi connectivity index (χ1) is 32.9. The highest BCUT2D eigenvalue weighted by Crippen LogP contribution is 2.45. The van der Waals surface area contributed by atoms with Gasteiger partial charge in [-0.25, -0.2) is 0 Å². The Morgan fingerprint density at radius 2 is 0.912 bits per heavy atom. The number of hydrogen-bond donors (Lipinski definition) is 0. The lowest BCUT2D eigenvalue weighted by Gasteiger charge is -2.29. The second-order valence-corrected chi connectivity index (χ2v) is 13.6. The lowest BCUT2D eigenvalue weighted by molar-refractivity contribution is 1.28. The van der Waals surface area contributed by atoms with Gasteiger partial charge >= 0.3 is 0 Å². The molecule has 1 heteroatoms. The Morgan fingerprint density at radius 1 is 0.333 bits per heavy atom. The van der Waals surface area contributed by atoms with Crippen molar-refractivity contribution in [3.8, 4) is 55.6 Å². The van der Waals surface area contributed by atoms with E-state index in [1.54, 1.807) is 72.8 Å². The third kappa shape index (κ3) is 6.66. The number of hydrogen-bond acceptors (Lipinski definition) is 1. The van der Waals surface area contributed by atoms with E-state index in [0.29, 0.717) is 33.2 Å². The normalized spacial score (nSPS) is 13.9.